The van der Waals surface area contributed by atoms with Crippen molar-refractivity contribution in [3.8, 4) is 28.7 Å². The van der Waals surface area contributed by atoms with Crippen LogP contribution in [0.4, 0.5) is 4.39 Å². The molecule has 0 atom stereocenters. The Morgan fingerprint density at radius 2 is 1.80 bits per heavy atom. The van der Waals surface area contributed by atoms with Gasteiger partial charge in [0, 0.05) is 12.7 Å². The molecule has 0 saturated carbocycles. The minimum absolute atomic E-state index is 0.106. The number of alkyl halides is 1. The molecular formula is C23H19FN6O4S. The van der Waals surface area contributed by atoms with Gasteiger partial charge in [0.25, 0.3) is 5.56 Å². The van der Waals surface area contributed by atoms with E-state index in [1.165, 1.54) is 53.6 Å². The van der Waals surface area contributed by atoms with Gasteiger partial charge in [-0.2, -0.15) is 10.4 Å². The van der Waals surface area contributed by atoms with Crippen molar-refractivity contribution in [1.29, 1.82) is 5.26 Å². The molecule has 0 amide bonds. The Balaban J connectivity index is 2.13. The van der Waals surface area contributed by atoms with Crippen LogP contribution in [0.3, 0.4) is 0 Å². The molecule has 0 unspecified atom stereocenters. The summed E-state index contributed by atoms with van der Waals surface area (Å²) in [5.74, 6) is 0. The van der Waals surface area contributed by atoms with Gasteiger partial charge in [0.05, 0.1) is 34.8 Å². The molecule has 178 valence electrons. The smallest absolute Gasteiger partial charge is 0.268 e. The monoisotopic (exact) mass is 494 g/mol. The zero-order valence-electron chi connectivity index (χ0n) is 18.6. The van der Waals surface area contributed by atoms with Crippen LogP contribution in [0.1, 0.15) is 16.8 Å². The molecule has 2 N–H and O–H groups in total. The number of hydrogen-bond donors (Lipinski definition) is 1. The highest BCUT2D eigenvalue weighted by Crippen LogP contribution is 2.30. The molecule has 12 heteroatoms. The maximum atomic E-state index is 13.3. The average molecular weight is 495 g/mol. The van der Waals surface area contributed by atoms with Crippen LogP contribution in [0.2, 0.25) is 0 Å². The fraction of sp³-hybridized carbons (Fsp3) is 0.130. The summed E-state index contributed by atoms with van der Waals surface area (Å²) >= 11 is 0. The lowest BCUT2D eigenvalue weighted by atomic mass is 10.1. The van der Waals surface area contributed by atoms with Crippen molar-refractivity contribution < 1.29 is 12.8 Å². The van der Waals surface area contributed by atoms with Crippen molar-refractivity contribution in [2.75, 3.05) is 0 Å². The summed E-state index contributed by atoms with van der Waals surface area (Å²) in [6.07, 6.45) is 1.01. The summed E-state index contributed by atoms with van der Waals surface area (Å²) < 4.78 is 41.4. The molecule has 4 aromatic rings. The number of aromatic nitrogens is 4. The van der Waals surface area contributed by atoms with Crippen molar-refractivity contribution in [2.45, 2.75) is 18.5 Å². The largest absolute Gasteiger partial charge is 0.335 e. The molecule has 0 spiro atoms. The fourth-order valence-corrected chi connectivity index (χ4v) is 4.47. The number of nitrogens with two attached hydrogens (primary N) is 1. The third-order valence-corrected chi connectivity index (χ3v) is 6.45. The molecule has 2 aromatic heterocycles. The fourth-order valence-electron chi connectivity index (χ4n) is 3.81. The second-order valence-corrected chi connectivity index (χ2v) is 9.25. The Morgan fingerprint density at radius 1 is 1.11 bits per heavy atom. The Labute approximate surface area is 199 Å². The minimum Gasteiger partial charge on any atom is -0.268 e. The summed E-state index contributed by atoms with van der Waals surface area (Å²) in [4.78, 5) is 26.0. The van der Waals surface area contributed by atoms with Crippen LogP contribution in [0.5, 0.6) is 0 Å². The maximum absolute atomic E-state index is 13.3. The zero-order chi connectivity index (χ0) is 25.5. The summed E-state index contributed by atoms with van der Waals surface area (Å²) in [6.45, 7) is 0.713. The first kappa shape index (κ1) is 23.8. The lowest BCUT2D eigenvalue weighted by Crippen LogP contribution is -2.40. The molecule has 35 heavy (non-hydrogen) atoms. The second-order valence-electron chi connectivity index (χ2n) is 7.72. The molecule has 2 heterocycles. The van der Waals surface area contributed by atoms with Crippen LogP contribution in [-0.4, -0.2) is 27.3 Å². The molecule has 4 rings (SSSR count). The Kier molecular flexibility index (Phi) is 5.98. The standard InChI is InChI=1S/C23H19FN6O4S/c1-14-20(22(31)28(2)23(32)29(14)18-5-3-4-16(10-18)11-24)21-19(35(26,33)34)13-27-30(21)17-8-6-15(12-25)7-9-17/h3-10,13H,11H2,1-2H3,(H2,26,33,34). The lowest BCUT2D eigenvalue weighted by molar-refractivity contribution is 0.485. The van der Waals surface area contributed by atoms with Gasteiger partial charge in [-0.3, -0.25) is 13.9 Å². The number of nitrogens with zero attached hydrogens (tertiary/aromatic N) is 5. The van der Waals surface area contributed by atoms with Crippen LogP contribution >= 0.6 is 0 Å². The highest BCUT2D eigenvalue weighted by Gasteiger charge is 2.28. The number of halogens is 1. The summed E-state index contributed by atoms with van der Waals surface area (Å²) in [5.41, 5.74) is -0.323. The van der Waals surface area contributed by atoms with E-state index < -0.39 is 32.8 Å². The van der Waals surface area contributed by atoms with E-state index in [2.05, 4.69) is 5.10 Å². The van der Waals surface area contributed by atoms with Gasteiger partial charge in [-0.15, -0.1) is 0 Å². The number of nitriles is 1. The van der Waals surface area contributed by atoms with Crippen molar-refractivity contribution >= 4 is 10.0 Å². The average Bonchev–Trinajstić information content (AvgIpc) is 3.28. The topological polar surface area (TPSA) is 146 Å². The molecule has 2 aromatic carbocycles. The van der Waals surface area contributed by atoms with Gasteiger partial charge in [-0.1, -0.05) is 12.1 Å². The van der Waals surface area contributed by atoms with Crippen molar-refractivity contribution in [1.82, 2.24) is 18.9 Å². The van der Waals surface area contributed by atoms with Gasteiger partial charge in [0.1, 0.15) is 17.3 Å². The Bertz CT molecular complexity index is 1730. The molecule has 0 saturated heterocycles. The van der Waals surface area contributed by atoms with Crippen LogP contribution in [0.25, 0.3) is 22.6 Å². The molecule has 0 radical (unpaired) electrons. The van der Waals surface area contributed by atoms with Crippen LogP contribution in [0, 0.1) is 18.3 Å². The predicted molar refractivity (Wildman–Crippen MR) is 125 cm³/mol. The number of rotatable bonds is 5. The molecular weight excluding hydrogens is 475 g/mol. The summed E-state index contributed by atoms with van der Waals surface area (Å²) in [7, 11) is -3.09. The first-order valence-corrected chi connectivity index (χ1v) is 11.7. The third-order valence-electron chi connectivity index (χ3n) is 5.54. The van der Waals surface area contributed by atoms with E-state index in [0.717, 1.165) is 10.8 Å². The highest BCUT2D eigenvalue weighted by atomic mass is 32.2. The summed E-state index contributed by atoms with van der Waals surface area (Å²) in [5, 5.41) is 18.7. The number of primary sulfonamides is 1. The van der Waals surface area contributed by atoms with Crippen LogP contribution < -0.4 is 16.4 Å². The number of sulfonamides is 1. The Hall–Kier alpha value is -4.34. The van der Waals surface area contributed by atoms with Gasteiger partial charge >= 0.3 is 5.69 Å². The first-order chi connectivity index (χ1) is 16.6. The van der Waals surface area contributed by atoms with Gasteiger partial charge in [0.2, 0.25) is 10.0 Å². The third kappa shape index (κ3) is 4.07. The van der Waals surface area contributed by atoms with E-state index in [1.807, 2.05) is 6.07 Å². The van der Waals surface area contributed by atoms with Gasteiger partial charge in [-0.05, 0) is 48.9 Å². The van der Waals surface area contributed by atoms with Crippen molar-refractivity contribution in [3.63, 3.8) is 0 Å². The SMILES string of the molecule is Cc1c(-c2c(S(N)(=O)=O)cnn2-c2ccc(C#N)cc2)c(=O)n(C)c(=O)n1-c1cccc(CF)c1. The highest BCUT2D eigenvalue weighted by molar-refractivity contribution is 7.89. The number of hydrogen-bond acceptors (Lipinski definition) is 6. The quantitative estimate of drug-likeness (QED) is 0.447. The van der Waals surface area contributed by atoms with E-state index in [4.69, 9.17) is 10.4 Å². The molecule has 0 bridgehead atoms. The molecule has 0 aliphatic rings. The zero-order valence-corrected chi connectivity index (χ0v) is 19.5. The normalized spacial score (nSPS) is 11.4. The molecule has 0 aliphatic carbocycles. The van der Waals surface area contributed by atoms with Crippen molar-refractivity contribution in [2.24, 2.45) is 12.2 Å². The second kappa shape index (κ2) is 8.79. The van der Waals surface area contributed by atoms with Crippen LogP contribution in [0.15, 0.2) is 69.2 Å². The molecule has 0 fully saturated rings. The first-order valence-electron chi connectivity index (χ1n) is 10.2. The van der Waals surface area contributed by atoms with Crippen molar-refractivity contribution in [3.05, 3.63) is 92.4 Å². The van der Waals surface area contributed by atoms with Gasteiger partial charge < -0.3 is 0 Å². The predicted octanol–water partition coefficient (Wildman–Crippen LogP) is 1.69. The van der Waals surface area contributed by atoms with E-state index in [-0.39, 0.29) is 17.0 Å². The van der Waals surface area contributed by atoms with E-state index in [0.29, 0.717) is 22.5 Å². The maximum Gasteiger partial charge on any atom is 0.335 e. The van der Waals surface area contributed by atoms with E-state index >= 15 is 0 Å². The summed E-state index contributed by atoms with van der Waals surface area (Å²) in [6, 6.07) is 14.2. The molecule has 10 nitrogen and oxygen atoms in total. The molecule has 0 aliphatic heterocycles. The van der Waals surface area contributed by atoms with E-state index in [9.17, 15) is 22.4 Å². The van der Waals surface area contributed by atoms with E-state index in [1.54, 1.807) is 18.2 Å². The van der Waals surface area contributed by atoms with Gasteiger partial charge in [0.15, 0.2) is 0 Å². The van der Waals surface area contributed by atoms with Gasteiger partial charge in [-0.25, -0.2) is 27.4 Å². The minimum atomic E-state index is -4.35. The Morgan fingerprint density at radius 3 is 2.40 bits per heavy atom. The number of benzene rings is 2. The van der Waals surface area contributed by atoms with Crippen LogP contribution in [-0.2, 0) is 23.7 Å². The lowest BCUT2D eigenvalue weighted by Gasteiger charge is -2.18.